The Hall–Kier alpha value is -1.08. The van der Waals surface area contributed by atoms with Crippen LogP contribution in [0, 0.1) is 11.3 Å². The maximum absolute atomic E-state index is 10.8. The summed E-state index contributed by atoms with van der Waals surface area (Å²) in [7, 11) is -1.74. The molecular weight excluding hydrogens is 206 g/mol. The molecule has 0 aliphatic heterocycles. The minimum absolute atomic E-state index is 0.00863. The number of ketones is 1. The van der Waals surface area contributed by atoms with Gasteiger partial charge in [-0.3, -0.25) is 4.79 Å². The fourth-order valence-corrected chi connectivity index (χ4v) is 3.46. The summed E-state index contributed by atoms with van der Waals surface area (Å²) in [5.74, 6) is 0.699. The quantitative estimate of drug-likeness (QED) is 0.302. The van der Waals surface area contributed by atoms with Crippen molar-refractivity contribution in [3.05, 3.63) is 11.8 Å². The third-order valence-corrected chi connectivity index (χ3v) is 4.34. The lowest BCUT2D eigenvalue weighted by molar-refractivity contribution is -0.112. The molecule has 0 bridgehead atoms. The van der Waals surface area contributed by atoms with Crippen molar-refractivity contribution >= 4 is 14.1 Å². The predicted octanol–water partition coefficient (Wildman–Crippen LogP) is 3.00. The standard InChI is InChI=1S/C11H19NO2Si/c1-10(13)9-11(2)14-15(3,4)8-6-5-7-12/h9H,5-6,8H2,1-4H3/b11-9-. The number of unbranched alkanes of at least 4 members (excludes halogenated alkanes) is 1. The minimum atomic E-state index is -1.74. The molecule has 84 valence electrons. The summed E-state index contributed by atoms with van der Waals surface area (Å²) in [5.41, 5.74) is 0. The van der Waals surface area contributed by atoms with Crippen molar-refractivity contribution in [1.29, 1.82) is 5.26 Å². The molecule has 0 saturated carbocycles. The van der Waals surface area contributed by atoms with Gasteiger partial charge in [0, 0.05) is 12.5 Å². The van der Waals surface area contributed by atoms with Crippen LogP contribution in [0.4, 0.5) is 0 Å². The average Bonchev–Trinajstić information content (AvgIpc) is 2.00. The van der Waals surface area contributed by atoms with E-state index in [-0.39, 0.29) is 5.78 Å². The number of allylic oxidation sites excluding steroid dienone is 2. The molecule has 0 aromatic rings. The third kappa shape index (κ3) is 7.95. The zero-order chi connectivity index (χ0) is 11.9. The lowest BCUT2D eigenvalue weighted by Crippen LogP contribution is -2.29. The van der Waals surface area contributed by atoms with E-state index in [1.807, 2.05) is 0 Å². The van der Waals surface area contributed by atoms with Crippen molar-refractivity contribution < 1.29 is 9.22 Å². The second-order valence-electron chi connectivity index (χ2n) is 4.24. The van der Waals surface area contributed by atoms with Gasteiger partial charge in [-0.2, -0.15) is 5.26 Å². The highest BCUT2D eigenvalue weighted by molar-refractivity contribution is 6.71. The van der Waals surface area contributed by atoms with Gasteiger partial charge in [0.1, 0.15) is 0 Å². The van der Waals surface area contributed by atoms with Crippen LogP contribution in [0.1, 0.15) is 26.7 Å². The van der Waals surface area contributed by atoms with Gasteiger partial charge >= 0.3 is 0 Å². The van der Waals surface area contributed by atoms with Gasteiger partial charge in [-0.05, 0) is 39.4 Å². The van der Waals surface area contributed by atoms with Crippen LogP contribution >= 0.6 is 0 Å². The number of rotatable bonds is 6. The van der Waals surface area contributed by atoms with Crippen molar-refractivity contribution in [2.75, 3.05) is 0 Å². The molecule has 0 radical (unpaired) electrons. The maximum Gasteiger partial charge on any atom is 0.244 e. The van der Waals surface area contributed by atoms with Crippen LogP contribution in [-0.2, 0) is 9.22 Å². The zero-order valence-electron chi connectivity index (χ0n) is 9.96. The van der Waals surface area contributed by atoms with Crippen LogP contribution < -0.4 is 0 Å². The average molecular weight is 225 g/mol. The fraction of sp³-hybridized carbons (Fsp3) is 0.636. The second kappa shape index (κ2) is 6.41. The molecule has 0 unspecified atom stereocenters. The molecule has 15 heavy (non-hydrogen) atoms. The highest BCUT2D eigenvalue weighted by atomic mass is 28.4. The van der Waals surface area contributed by atoms with Crippen LogP contribution in [0.25, 0.3) is 0 Å². The topological polar surface area (TPSA) is 50.1 Å². The Balaban J connectivity index is 4.13. The van der Waals surface area contributed by atoms with E-state index >= 15 is 0 Å². The second-order valence-corrected chi connectivity index (χ2v) is 8.46. The first kappa shape index (κ1) is 13.9. The summed E-state index contributed by atoms with van der Waals surface area (Å²) in [5, 5.41) is 8.43. The number of carbonyl (C=O) groups excluding carboxylic acids is 1. The number of hydrogen-bond acceptors (Lipinski definition) is 3. The van der Waals surface area contributed by atoms with Crippen molar-refractivity contribution in [3.8, 4) is 6.07 Å². The molecule has 3 nitrogen and oxygen atoms in total. The molecule has 0 rings (SSSR count). The Kier molecular flexibility index (Phi) is 5.95. The Morgan fingerprint density at radius 2 is 2.07 bits per heavy atom. The number of nitrogens with zero attached hydrogens (tertiary/aromatic N) is 1. The molecule has 0 N–H and O–H groups in total. The van der Waals surface area contributed by atoms with E-state index < -0.39 is 8.32 Å². The van der Waals surface area contributed by atoms with Crippen LogP contribution in [0.15, 0.2) is 11.8 Å². The molecule has 0 amide bonds. The van der Waals surface area contributed by atoms with Gasteiger partial charge in [-0.25, -0.2) is 0 Å². The molecule has 4 heteroatoms. The Labute approximate surface area is 92.9 Å². The van der Waals surface area contributed by atoms with Gasteiger partial charge in [0.15, 0.2) is 5.78 Å². The molecule has 0 heterocycles. The zero-order valence-corrected chi connectivity index (χ0v) is 11.0. The van der Waals surface area contributed by atoms with Crippen LogP contribution in [-0.4, -0.2) is 14.1 Å². The van der Waals surface area contributed by atoms with Crippen LogP contribution in [0.2, 0.25) is 19.1 Å². The molecule has 0 aliphatic carbocycles. The highest BCUT2D eigenvalue weighted by Gasteiger charge is 2.23. The molecule has 0 spiro atoms. The Morgan fingerprint density at radius 3 is 2.53 bits per heavy atom. The van der Waals surface area contributed by atoms with E-state index in [4.69, 9.17) is 9.69 Å². The molecule has 0 aromatic carbocycles. The van der Waals surface area contributed by atoms with Gasteiger partial charge < -0.3 is 4.43 Å². The van der Waals surface area contributed by atoms with Gasteiger partial charge in [0.2, 0.25) is 8.32 Å². The van der Waals surface area contributed by atoms with Gasteiger partial charge in [0.25, 0.3) is 0 Å². The first-order valence-electron chi connectivity index (χ1n) is 5.12. The first-order chi connectivity index (χ1) is 6.87. The molecule has 0 fully saturated rings. The van der Waals surface area contributed by atoms with Crippen LogP contribution in [0.5, 0.6) is 0 Å². The highest BCUT2D eigenvalue weighted by Crippen LogP contribution is 2.18. The van der Waals surface area contributed by atoms with Crippen molar-refractivity contribution in [2.24, 2.45) is 0 Å². The predicted molar refractivity (Wildman–Crippen MR) is 62.7 cm³/mol. The molecule has 0 saturated heterocycles. The third-order valence-electron chi connectivity index (χ3n) is 1.91. The molecule has 0 aliphatic rings. The fourth-order valence-electron chi connectivity index (χ4n) is 1.40. The van der Waals surface area contributed by atoms with E-state index in [0.29, 0.717) is 12.2 Å². The molecule has 0 aromatic heterocycles. The summed E-state index contributed by atoms with van der Waals surface area (Å²) >= 11 is 0. The lowest BCUT2D eigenvalue weighted by atomic mass is 10.4. The van der Waals surface area contributed by atoms with Gasteiger partial charge in [-0.15, -0.1) is 0 Å². The van der Waals surface area contributed by atoms with Crippen LogP contribution in [0.3, 0.4) is 0 Å². The normalized spacial score (nSPS) is 12.1. The SMILES string of the molecule is CC(=O)/C=C(/C)O[Si](C)(C)CCCC#N. The van der Waals surface area contributed by atoms with Crippen molar-refractivity contribution in [3.63, 3.8) is 0 Å². The van der Waals surface area contributed by atoms with Crippen molar-refractivity contribution in [2.45, 2.75) is 45.8 Å². The number of nitriles is 1. The summed E-state index contributed by atoms with van der Waals surface area (Å²) in [6, 6.07) is 3.07. The Bertz CT molecular complexity index is 289. The van der Waals surface area contributed by atoms with E-state index in [1.165, 1.54) is 13.0 Å². The van der Waals surface area contributed by atoms with Crippen molar-refractivity contribution in [1.82, 2.24) is 0 Å². The minimum Gasteiger partial charge on any atom is -0.547 e. The van der Waals surface area contributed by atoms with E-state index in [0.717, 1.165) is 12.5 Å². The maximum atomic E-state index is 10.8. The Morgan fingerprint density at radius 1 is 1.47 bits per heavy atom. The van der Waals surface area contributed by atoms with Gasteiger partial charge in [-0.1, -0.05) is 0 Å². The monoisotopic (exact) mass is 225 g/mol. The van der Waals surface area contributed by atoms with E-state index in [2.05, 4.69) is 19.2 Å². The number of carbonyl (C=O) groups is 1. The molecular formula is C11H19NO2Si. The lowest BCUT2D eigenvalue weighted by Gasteiger charge is -2.24. The molecule has 0 atom stereocenters. The summed E-state index contributed by atoms with van der Waals surface area (Å²) in [6.07, 6.45) is 2.97. The first-order valence-corrected chi connectivity index (χ1v) is 8.24. The van der Waals surface area contributed by atoms with E-state index in [9.17, 15) is 4.79 Å². The van der Waals surface area contributed by atoms with Gasteiger partial charge in [0.05, 0.1) is 11.8 Å². The summed E-state index contributed by atoms with van der Waals surface area (Å²) in [6.45, 7) is 7.52. The summed E-state index contributed by atoms with van der Waals surface area (Å²) in [4.78, 5) is 10.8. The smallest absolute Gasteiger partial charge is 0.244 e. The summed E-state index contributed by atoms with van der Waals surface area (Å²) < 4.78 is 5.76. The van der Waals surface area contributed by atoms with E-state index in [1.54, 1.807) is 6.92 Å². The number of hydrogen-bond donors (Lipinski definition) is 0. The largest absolute Gasteiger partial charge is 0.547 e.